The summed E-state index contributed by atoms with van der Waals surface area (Å²) in [7, 11) is 3.18. The van der Waals surface area contributed by atoms with E-state index in [4.69, 9.17) is 14.6 Å². The van der Waals surface area contributed by atoms with E-state index >= 15 is 0 Å². The second kappa shape index (κ2) is 12.1. The van der Waals surface area contributed by atoms with E-state index in [2.05, 4.69) is 12.1 Å². The molecule has 3 rings (SSSR count). The molecule has 0 aliphatic rings. The van der Waals surface area contributed by atoms with Crippen LogP contribution in [-0.4, -0.2) is 30.4 Å². The molecule has 0 bridgehead atoms. The number of aliphatic carboxylic acids is 1. The summed E-state index contributed by atoms with van der Waals surface area (Å²) in [5.41, 5.74) is 3.93. The van der Waals surface area contributed by atoms with Crippen LogP contribution in [0.1, 0.15) is 41.2 Å². The molecule has 0 fully saturated rings. The first-order valence-corrected chi connectivity index (χ1v) is 11.2. The first-order chi connectivity index (χ1) is 16.0. The molecular weight excluding hydrogens is 416 g/mol. The van der Waals surface area contributed by atoms with Crippen LogP contribution >= 0.6 is 0 Å². The predicted octanol–water partition coefficient (Wildman–Crippen LogP) is 5.25. The van der Waals surface area contributed by atoms with Crippen molar-refractivity contribution in [2.24, 2.45) is 5.92 Å². The van der Waals surface area contributed by atoms with Gasteiger partial charge in [-0.25, -0.2) is 0 Å². The van der Waals surface area contributed by atoms with Gasteiger partial charge in [0.25, 0.3) is 0 Å². The average molecular weight is 449 g/mol. The average Bonchev–Trinajstić information content (AvgIpc) is 2.84. The van der Waals surface area contributed by atoms with Gasteiger partial charge in [-0.2, -0.15) is 0 Å². The van der Waals surface area contributed by atoms with Crippen molar-refractivity contribution in [3.63, 3.8) is 0 Å². The highest BCUT2D eigenvalue weighted by Crippen LogP contribution is 2.35. The minimum atomic E-state index is -0.842. The molecule has 0 saturated heterocycles. The van der Waals surface area contributed by atoms with Crippen LogP contribution in [-0.2, 0) is 24.1 Å². The molecule has 0 spiro atoms. The largest absolute Gasteiger partial charge is 0.493 e. The molecule has 0 aliphatic heterocycles. The summed E-state index contributed by atoms with van der Waals surface area (Å²) >= 11 is 0. The Balaban J connectivity index is 1.77. The summed E-state index contributed by atoms with van der Waals surface area (Å²) in [6.45, 7) is 0. The molecule has 2 unspecified atom stereocenters. The number of rotatable bonds is 12. The lowest BCUT2D eigenvalue weighted by atomic mass is 9.85. The molecule has 0 radical (unpaired) electrons. The van der Waals surface area contributed by atoms with Gasteiger partial charge < -0.3 is 19.7 Å². The Labute approximate surface area is 195 Å². The summed E-state index contributed by atoms with van der Waals surface area (Å²) < 4.78 is 10.8. The van der Waals surface area contributed by atoms with Crippen molar-refractivity contribution in [2.45, 2.75) is 38.2 Å². The number of benzene rings is 3. The number of carbonyl (C=O) groups is 1. The van der Waals surface area contributed by atoms with Crippen molar-refractivity contribution >= 4 is 5.97 Å². The van der Waals surface area contributed by atoms with Gasteiger partial charge in [0, 0.05) is 0 Å². The number of hydrogen-bond acceptors (Lipinski definition) is 4. The van der Waals surface area contributed by atoms with Gasteiger partial charge >= 0.3 is 5.97 Å². The lowest BCUT2D eigenvalue weighted by Crippen LogP contribution is -2.16. The van der Waals surface area contributed by atoms with Gasteiger partial charge in [-0.3, -0.25) is 4.79 Å². The lowest BCUT2D eigenvalue weighted by molar-refractivity contribution is -0.136. The predicted molar refractivity (Wildman–Crippen MR) is 129 cm³/mol. The summed E-state index contributed by atoms with van der Waals surface area (Å²) in [6, 6.07) is 23.5. The number of carboxylic acid groups (broad SMARTS) is 1. The van der Waals surface area contributed by atoms with Crippen LogP contribution in [0.25, 0.3) is 0 Å². The number of aliphatic hydroxyl groups excluding tert-OH is 1. The van der Waals surface area contributed by atoms with Gasteiger partial charge in [-0.15, -0.1) is 0 Å². The van der Waals surface area contributed by atoms with Crippen LogP contribution < -0.4 is 9.47 Å². The molecule has 2 atom stereocenters. The third-order valence-electron chi connectivity index (χ3n) is 5.96. The van der Waals surface area contributed by atoms with Crippen LogP contribution in [0.5, 0.6) is 11.5 Å². The van der Waals surface area contributed by atoms with Gasteiger partial charge in [-0.05, 0) is 66.0 Å². The zero-order valence-corrected chi connectivity index (χ0v) is 19.2. The fourth-order valence-electron chi connectivity index (χ4n) is 4.16. The highest BCUT2D eigenvalue weighted by molar-refractivity contribution is 5.70. The van der Waals surface area contributed by atoms with Crippen molar-refractivity contribution in [3.05, 3.63) is 95.1 Å². The summed E-state index contributed by atoms with van der Waals surface area (Å²) in [6.07, 6.45) is 2.79. The minimum Gasteiger partial charge on any atom is -0.493 e. The zero-order chi connectivity index (χ0) is 23.6. The molecule has 174 valence electrons. The van der Waals surface area contributed by atoms with Gasteiger partial charge in [-0.1, -0.05) is 60.7 Å². The van der Waals surface area contributed by atoms with Crippen molar-refractivity contribution in [1.29, 1.82) is 0 Å². The number of carboxylic acids is 1. The van der Waals surface area contributed by atoms with Crippen molar-refractivity contribution in [1.82, 2.24) is 0 Å². The monoisotopic (exact) mass is 448 g/mol. The Bertz CT molecular complexity index is 1010. The van der Waals surface area contributed by atoms with E-state index in [9.17, 15) is 9.90 Å². The maximum atomic E-state index is 11.3. The third-order valence-corrected chi connectivity index (χ3v) is 5.96. The number of hydrogen-bond donors (Lipinski definition) is 2. The molecule has 0 heterocycles. The first kappa shape index (κ1) is 24.3. The second-order valence-corrected chi connectivity index (χ2v) is 8.29. The van der Waals surface area contributed by atoms with E-state index in [1.54, 1.807) is 14.2 Å². The minimum absolute atomic E-state index is 0.00265. The Morgan fingerprint density at radius 2 is 1.52 bits per heavy atom. The van der Waals surface area contributed by atoms with Gasteiger partial charge in [0.15, 0.2) is 11.5 Å². The van der Waals surface area contributed by atoms with Crippen LogP contribution in [0.2, 0.25) is 0 Å². The summed E-state index contributed by atoms with van der Waals surface area (Å²) in [5.74, 6) is 0.376. The van der Waals surface area contributed by atoms with Crippen LogP contribution in [0.15, 0.2) is 72.8 Å². The van der Waals surface area contributed by atoms with Gasteiger partial charge in [0.2, 0.25) is 0 Å². The summed E-state index contributed by atoms with van der Waals surface area (Å²) in [4.78, 5) is 11.0. The molecule has 5 heteroatoms. The van der Waals surface area contributed by atoms with E-state index in [0.29, 0.717) is 17.9 Å². The fraction of sp³-hybridized carbons (Fsp3) is 0.321. The third kappa shape index (κ3) is 7.09. The molecule has 0 aliphatic carbocycles. The number of aryl methyl sites for hydroxylation is 1. The fourth-order valence-corrected chi connectivity index (χ4v) is 4.16. The molecular formula is C28H32O5. The molecule has 0 amide bonds. The Morgan fingerprint density at radius 1 is 0.848 bits per heavy atom. The summed E-state index contributed by atoms with van der Waals surface area (Å²) in [5, 5.41) is 20.3. The van der Waals surface area contributed by atoms with E-state index in [-0.39, 0.29) is 12.3 Å². The van der Waals surface area contributed by atoms with Crippen molar-refractivity contribution in [2.75, 3.05) is 14.2 Å². The normalized spacial score (nSPS) is 12.7. The topological polar surface area (TPSA) is 76.0 Å². The number of aliphatic hydroxyl groups is 1. The van der Waals surface area contributed by atoms with Crippen molar-refractivity contribution < 1.29 is 24.5 Å². The van der Waals surface area contributed by atoms with Gasteiger partial charge in [0.05, 0.1) is 26.7 Å². The van der Waals surface area contributed by atoms with E-state index in [1.165, 1.54) is 5.56 Å². The molecule has 33 heavy (non-hydrogen) atoms. The van der Waals surface area contributed by atoms with Gasteiger partial charge in [0.1, 0.15) is 0 Å². The van der Waals surface area contributed by atoms with Crippen LogP contribution in [0.4, 0.5) is 0 Å². The highest BCUT2D eigenvalue weighted by Gasteiger charge is 2.23. The van der Waals surface area contributed by atoms with Crippen molar-refractivity contribution in [3.8, 4) is 11.5 Å². The zero-order valence-electron chi connectivity index (χ0n) is 19.2. The number of ether oxygens (including phenoxy) is 2. The SMILES string of the molecule is COc1ccc(C(O)C(CCCc2ccccc2)Cc2ccc(CC(=O)O)cc2)cc1OC. The Hall–Kier alpha value is -3.31. The van der Waals surface area contributed by atoms with Crippen LogP contribution in [0, 0.1) is 5.92 Å². The van der Waals surface area contributed by atoms with Crippen LogP contribution in [0.3, 0.4) is 0 Å². The first-order valence-electron chi connectivity index (χ1n) is 11.2. The van der Waals surface area contributed by atoms with E-state index in [1.807, 2.05) is 60.7 Å². The lowest BCUT2D eigenvalue weighted by Gasteiger charge is -2.24. The quantitative estimate of drug-likeness (QED) is 0.396. The standard InChI is InChI=1S/C28H32O5/c1-32-25-16-15-24(19-26(25)33-2)28(31)23(10-6-9-20-7-4-3-5-8-20)17-21-11-13-22(14-12-21)18-27(29)30/h3-5,7-8,11-16,19,23,28,31H,6,9-10,17-18H2,1-2H3,(H,29,30). The molecule has 3 aromatic rings. The maximum Gasteiger partial charge on any atom is 0.307 e. The maximum absolute atomic E-state index is 11.3. The molecule has 3 aromatic carbocycles. The molecule has 2 N–H and O–H groups in total. The molecule has 5 nitrogen and oxygen atoms in total. The van der Waals surface area contributed by atoms with E-state index in [0.717, 1.165) is 36.0 Å². The number of methoxy groups -OCH3 is 2. The molecule has 0 aromatic heterocycles. The highest BCUT2D eigenvalue weighted by atomic mass is 16.5. The smallest absolute Gasteiger partial charge is 0.307 e. The molecule has 0 saturated carbocycles. The Kier molecular flexibility index (Phi) is 8.90. The second-order valence-electron chi connectivity index (χ2n) is 8.29. The Morgan fingerprint density at radius 3 is 2.15 bits per heavy atom. The van der Waals surface area contributed by atoms with E-state index < -0.39 is 12.1 Å².